The quantitative estimate of drug-likeness (QED) is 0.0440. The number of para-hydroxylation sites is 1. The number of carbonyl (C=O) groups excluding carboxylic acids is 3. The number of ketones is 1. The lowest BCUT2D eigenvalue weighted by atomic mass is 9.78. The van der Waals surface area contributed by atoms with Gasteiger partial charge in [0.25, 0.3) is 11.7 Å². The number of esters is 1. The average Bonchev–Trinajstić information content (AvgIpc) is 3.71. The molecule has 0 unspecified atom stereocenters. The normalized spacial score (nSPS) is 29.4. The lowest BCUT2D eigenvalue weighted by Crippen LogP contribution is -2.46. The number of benzene rings is 3. The number of ether oxygens (including phenoxy) is 4. The van der Waals surface area contributed by atoms with E-state index in [-0.39, 0.29) is 44.5 Å². The summed E-state index contributed by atoms with van der Waals surface area (Å²) < 4.78 is 26.4. The first kappa shape index (κ1) is 46.5. The molecule has 9 atom stereocenters. The van der Waals surface area contributed by atoms with Crippen LogP contribution in [-0.2, 0) is 30.8 Å². The van der Waals surface area contributed by atoms with Crippen LogP contribution >= 0.6 is 11.3 Å². The second-order valence-electron chi connectivity index (χ2n) is 16.4. The van der Waals surface area contributed by atoms with Crippen molar-refractivity contribution < 1.29 is 58.9 Å². The van der Waals surface area contributed by atoms with E-state index >= 15 is 0 Å². The minimum atomic E-state index is -2.08. The molecule has 0 saturated carbocycles. The van der Waals surface area contributed by atoms with Gasteiger partial charge in [-0.1, -0.05) is 69.4 Å². The van der Waals surface area contributed by atoms with Gasteiger partial charge >= 0.3 is 11.8 Å². The maximum atomic E-state index is 14.5. The number of hydrogen-bond acceptors (Lipinski definition) is 15. The summed E-state index contributed by atoms with van der Waals surface area (Å²) in [5.74, 6) is -8.73. The van der Waals surface area contributed by atoms with E-state index in [0.717, 1.165) is 16.4 Å². The largest absolute Gasteiger partial charge is 0.507 e. The molecule has 63 heavy (non-hydrogen) atoms. The monoisotopic (exact) mass is 886 g/mol. The summed E-state index contributed by atoms with van der Waals surface area (Å²) >= 11 is 1.36. The van der Waals surface area contributed by atoms with Crippen molar-refractivity contribution in [3.63, 3.8) is 0 Å². The van der Waals surface area contributed by atoms with Crippen LogP contribution in [0.4, 0.5) is 5.69 Å². The number of nitrogens with one attached hydrogen (secondary N) is 1. The van der Waals surface area contributed by atoms with Gasteiger partial charge in [0, 0.05) is 68.2 Å². The molecule has 0 aliphatic carbocycles. The molecule has 3 aliphatic rings. The molecule has 0 spiro atoms. The van der Waals surface area contributed by atoms with Crippen LogP contribution in [0.3, 0.4) is 0 Å². The molecule has 4 aromatic rings. The Balaban J connectivity index is 1.55. The maximum absolute atomic E-state index is 14.5. The molecule has 6 N–H and O–H groups in total. The Bertz CT molecular complexity index is 2660. The smallest absolute Gasteiger partial charge is 0.312 e. The number of hydrogen-bond donors (Lipinski definition) is 6. The number of rotatable bonds is 4. The predicted molar refractivity (Wildman–Crippen MR) is 238 cm³/mol. The van der Waals surface area contributed by atoms with Crippen LogP contribution in [0.2, 0.25) is 0 Å². The van der Waals surface area contributed by atoms with E-state index in [0.29, 0.717) is 4.80 Å². The van der Waals surface area contributed by atoms with Gasteiger partial charge in [0.2, 0.25) is 4.80 Å². The molecule has 5 bridgehead atoms. The third kappa shape index (κ3) is 8.70. The van der Waals surface area contributed by atoms with Gasteiger partial charge in [-0.15, -0.1) is 5.10 Å². The van der Waals surface area contributed by atoms with Crippen molar-refractivity contribution in [3.05, 3.63) is 81.9 Å². The average molecular weight is 887 g/mol. The SMILES string of the molecule is CO[C@H]1/C=C/O[C@@]2(C)Oc3c(C)c(O)c4c(O)c(c(/C=N/N=c5\sc6ccccc6n5C)c(O)c4c3C2=O)NC(=O)/C(C)=C\C=C\[C@@H](C)[C@H](O)[C@@H](C)[C@@H](O)[C@@H](C)[C@H](OC(C)=O)[C@@H]1C. The summed E-state index contributed by atoms with van der Waals surface area (Å²) in [5, 5.41) is 69.3. The van der Waals surface area contributed by atoms with Crippen molar-refractivity contribution in [1.82, 2.24) is 4.57 Å². The van der Waals surface area contributed by atoms with Crippen LogP contribution < -0.4 is 14.9 Å². The van der Waals surface area contributed by atoms with Crippen LogP contribution in [0.5, 0.6) is 23.0 Å². The number of Topliss-reactive ketones (excluding diaryl/α,β-unsaturated/α-hetero) is 1. The van der Waals surface area contributed by atoms with Gasteiger partial charge in [-0.3, -0.25) is 14.4 Å². The third-order valence-corrected chi connectivity index (χ3v) is 13.2. The summed E-state index contributed by atoms with van der Waals surface area (Å²) in [6.45, 7) is 12.4. The highest BCUT2D eigenvalue weighted by Crippen LogP contribution is 2.55. The van der Waals surface area contributed by atoms with Gasteiger partial charge in [0.1, 0.15) is 23.4 Å². The Morgan fingerprint density at radius 3 is 2.33 bits per heavy atom. The second-order valence-corrected chi connectivity index (χ2v) is 17.4. The highest BCUT2D eigenvalue weighted by Gasteiger charge is 2.50. The van der Waals surface area contributed by atoms with E-state index < -0.39 is 88.8 Å². The zero-order chi connectivity index (χ0) is 46.2. The molecule has 3 aliphatic heterocycles. The van der Waals surface area contributed by atoms with E-state index in [1.165, 1.54) is 64.6 Å². The summed E-state index contributed by atoms with van der Waals surface area (Å²) in [6, 6.07) is 7.64. The molecule has 7 rings (SSSR count). The van der Waals surface area contributed by atoms with E-state index in [1.54, 1.807) is 39.8 Å². The first-order chi connectivity index (χ1) is 29.7. The number of aliphatic hydroxyl groups is 2. The van der Waals surface area contributed by atoms with E-state index in [2.05, 4.69) is 15.5 Å². The highest BCUT2D eigenvalue weighted by atomic mass is 32.1. The summed E-state index contributed by atoms with van der Waals surface area (Å²) in [7, 11) is 3.24. The van der Waals surface area contributed by atoms with Gasteiger partial charge in [-0.25, -0.2) is 0 Å². The Morgan fingerprint density at radius 1 is 0.968 bits per heavy atom. The predicted octanol–water partition coefficient (Wildman–Crippen LogP) is 6.24. The lowest BCUT2D eigenvalue weighted by molar-refractivity contribution is -0.160. The number of amides is 1. The van der Waals surface area contributed by atoms with Crippen molar-refractivity contribution >= 4 is 61.9 Å². The molecule has 336 valence electrons. The van der Waals surface area contributed by atoms with Crippen LogP contribution in [0.25, 0.3) is 21.0 Å². The number of carbonyl (C=O) groups is 3. The minimum absolute atomic E-state index is 0.0280. The number of aryl methyl sites for hydroxylation is 1. The second kappa shape index (κ2) is 18.4. The highest BCUT2D eigenvalue weighted by molar-refractivity contribution is 7.16. The Kier molecular flexibility index (Phi) is 13.6. The van der Waals surface area contributed by atoms with Crippen molar-refractivity contribution in [2.45, 2.75) is 85.6 Å². The topological polar surface area (TPSA) is 231 Å². The fourth-order valence-corrected chi connectivity index (χ4v) is 9.16. The molecule has 0 fully saturated rings. The van der Waals surface area contributed by atoms with E-state index in [9.17, 15) is 39.9 Å². The number of aromatic hydroxyl groups is 3. The number of methoxy groups -OCH3 is 1. The zero-order valence-corrected chi connectivity index (χ0v) is 37.6. The van der Waals surface area contributed by atoms with Gasteiger partial charge in [0.05, 0.1) is 63.2 Å². The molecule has 0 saturated heterocycles. The molecule has 17 heteroatoms. The molecule has 1 aromatic heterocycles. The summed E-state index contributed by atoms with van der Waals surface area (Å²) in [6.07, 6.45) is 4.55. The van der Waals surface area contributed by atoms with Gasteiger partial charge in [-0.05, 0) is 32.1 Å². The fraction of sp³-hybridized carbons (Fsp3) is 0.413. The van der Waals surface area contributed by atoms with Crippen LogP contribution in [0, 0.1) is 30.6 Å². The molecule has 16 nitrogen and oxygen atoms in total. The molecular weight excluding hydrogens is 833 g/mol. The van der Waals surface area contributed by atoms with Crippen molar-refractivity contribution in [1.29, 1.82) is 0 Å². The first-order valence-electron chi connectivity index (χ1n) is 20.4. The third-order valence-electron chi connectivity index (χ3n) is 12.1. The van der Waals surface area contributed by atoms with Crippen molar-refractivity contribution in [2.24, 2.45) is 40.9 Å². The standard InChI is InChI=1S/C46H54N4O12S/c1-21-14-13-15-22(2)44(58)48-35-28(20-47-49-45-50(9)29-16-11-12-17-31(29)63-45)39(55)32-33(40(35)56)38(54)26(6)42-34(32)43(57)46(8,62-42)60-19-18-30(59-10)23(3)41(61-27(7)51)25(5)37(53)24(4)36(21)52/h11-21,23-25,30,36-37,41,52-56H,1-10H3,(H,48,58)/b14-13+,19-18+,22-15-,47-20+,49-45-/t21-,23-,24-,25-,30+,36+,37-,41-,46+/m1/s1. The summed E-state index contributed by atoms with van der Waals surface area (Å²) in [5.41, 5.74) is 0.257. The van der Waals surface area contributed by atoms with E-state index in [1.807, 2.05) is 35.9 Å². The number of nitrogens with zero attached hydrogens (tertiary/aromatic N) is 3. The number of phenolic OH excluding ortho intramolecular Hbond substituents is 3. The Hall–Kier alpha value is -6.01. The number of anilines is 1. The van der Waals surface area contributed by atoms with Crippen LogP contribution in [-0.4, -0.2) is 91.3 Å². The molecule has 0 radical (unpaired) electrons. The Labute approximate surface area is 368 Å². The van der Waals surface area contributed by atoms with Gasteiger partial charge < -0.3 is 54.4 Å². The number of thiazole rings is 1. The number of fused-ring (bicyclic) bond motifs is 15. The lowest BCUT2D eigenvalue weighted by Gasteiger charge is -2.38. The molecular formula is C46H54N4O12S. The minimum Gasteiger partial charge on any atom is -0.507 e. The number of aliphatic hydroxyl groups excluding tert-OH is 2. The van der Waals surface area contributed by atoms with Gasteiger partial charge in [-0.2, -0.15) is 5.10 Å². The van der Waals surface area contributed by atoms with Crippen molar-refractivity contribution in [3.8, 4) is 23.0 Å². The van der Waals surface area contributed by atoms with Crippen LogP contribution in [0.15, 0.2) is 70.6 Å². The number of aromatic nitrogens is 1. The number of phenols is 3. The Morgan fingerprint density at radius 2 is 1.67 bits per heavy atom. The fourth-order valence-electron chi connectivity index (χ4n) is 8.19. The number of allylic oxidation sites excluding steroid dienone is 2. The van der Waals surface area contributed by atoms with E-state index in [4.69, 9.17) is 18.9 Å². The summed E-state index contributed by atoms with van der Waals surface area (Å²) in [4.78, 5) is 41.2. The molecule has 1 amide bonds. The molecule has 3 aromatic carbocycles. The molecule has 4 heterocycles. The zero-order valence-electron chi connectivity index (χ0n) is 36.7. The van der Waals surface area contributed by atoms with Crippen LogP contribution in [0.1, 0.15) is 70.0 Å². The van der Waals surface area contributed by atoms with Gasteiger partial charge in [0.15, 0.2) is 5.75 Å². The first-order valence-corrected chi connectivity index (χ1v) is 21.2. The van der Waals surface area contributed by atoms with Crippen molar-refractivity contribution in [2.75, 3.05) is 12.4 Å². The maximum Gasteiger partial charge on any atom is 0.312 e.